The molecule has 2 rings (SSSR count). The second-order valence-electron chi connectivity index (χ2n) is 3.69. The molecule has 1 aliphatic heterocycles. The molecule has 0 aromatic heterocycles. The quantitative estimate of drug-likeness (QED) is 0.932. The highest BCUT2D eigenvalue weighted by atomic mass is 79.9. The highest BCUT2D eigenvalue weighted by Crippen LogP contribution is 2.36. The van der Waals surface area contributed by atoms with Crippen molar-refractivity contribution in [2.45, 2.75) is 17.7 Å². The van der Waals surface area contributed by atoms with Crippen molar-refractivity contribution >= 4 is 31.8 Å². The minimum absolute atomic E-state index is 0.397. The van der Waals surface area contributed by atoms with E-state index in [1.54, 1.807) is 12.1 Å². The van der Waals surface area contributed by atoms with Gasteiger partial charge in [-0.3, -0.25) is 0 Å². The fourth-order valence-electron chi connectivity index (χ4n) is 1.74. The minimum atomic E-state index is -3.27. The number of rotatable bonds is 3. The summed E-state index contributed by atoms with van der Waals surface area (Å²) in [6.45, 7) is 0.507. The predicted molar refractivity (Wildman–Crippen MR) is 67.6 cm³/mol. The van der Waals surface area contributed by atoms with Crippen LogP contribution in [0.4, 0.5) is 0 Å². The van der Waals surface area contributed by atoms with Gasteiger partial charge in [0.2, 0.25) is 9.84 Å². The minimum Gasteiger partial charge on any atom is -0.330 e. The van der Waals surface area contributed by atoms with E-state index in [4.69, 9.17) is 5.73 Å². The smallest absolute Gasteiger partial charge is 0.203 e. The summed E-state index contributed by atoms with van der Waals surface area (Å²) >= 11 is 3.28. The summed E-state index contributed by atoms with van der Waals surface area (Å²) in [6.07, 6.45) is 2.96. The zero-order valence-electron chi connectivity index (χ0n) is 8.61. The Bertz CT molecular complexity index is 549. The SMILES string of the molecule is NCCCC1=Cc2ccc(Br)cc2S1(=O)=O. The number of allylic oxidation sites excluding steroid dienone is 1. The van der Waals surface area contributed by atoms with Crippen LogP contribution in [0.2, 0.25) is 0 Å². The van der Waals surface area contributed by atoms with Gasteiger partial charge in [-0.15, -0.1) is 0 Å². The standard InChI is InChI=1S/C11H12BrNO2S/c12-9-4-3-8-6-10(2-1-5-13)16(14,15)11(8)7-9/h3-4,6-7H,1-2,5,13H2. The van der Waals surface area contributed by atoms with Gasteiger partial charge < -0.3 is 5.73 Å². The zero-order valence-corrected chi connectivity index (χ0v) is 11.0. The highest BCUT2D eigenvalue weighted by molar-refractivity contribution is 9.10. The van der Waals surface area contributed by atoms with Crippen molar-refractivity contribution in [1.29, 1.82) is 0 Å². The van der Waals surface area contributed by atoms with Crippen LogP contribution in [-0.4, -0.2) is 15.0 Å². The van der Waals surface area contributed by atoms with Gasteiger partial charge in [0, 0.05) is 9.38 Å². The third kappa shape index (κ3) is 1.95. The van der Waals surface area contributed by atoms with Crippen molar-refractivity contribution in [3.63, 3.8) is 0 Å². The lowest BCUT2D eigenvalue weighted by molar-refractivity contribution is 0.601. The molecule has 2 N–H and O–H groups in total. The monoisotopic (exact) mass is 301 g/mol. The topological polar surface area (TPSA) is 60.2 Å². The van der Waals surface area contributed by atoms with Gasteiger partial charge in [0.1, 0.15) is 0 Å². The maximum atomic E-state index is 12.1. The lowest BCUT2D eigenvalue weighted by Crippen LogP contribution is -2.04. The van der Waals surface area contributed by atoms with Crippen LogP contribution in [0.1, 0.15) is 18.4 Å². The molecule has 0 spiro atoms. The first-order valence-electron chi connectivity index (χ1n) is 5.01. The van der Waals surface area contributed by atoms with Gasteiger partial charge in [-0.05, 0) is 43.2 Å². The maximum Gasteiger partial charge on any atom is 0.203 e. The molecule has 0 amide bonds. The van der Waals surface area contributed by atoms with Crippen LogP contribution in [0.25, 0.3) is 6.08 Å². The summed E-state index contributed by atoms with van der Waals surface area (Å²) in [5.74, 6) is 0. The van der Waals surface area contributed by atoms with E-state index in [0.29, 0.717) is 29.2 Å². The van der Waals surface area contributed by atoms with Gasteiger partial charge in [0.05, 0.1) is 4.90 Å². The van der Waals surface area contributed by atoms with Gasteiger partial charge in [-0.25, -0.2) is 8.42 Å². The Morgan fingerprint density at radius 1 is 1.31 bits per heavy atom. The summed E-state index contributed by atoms with van der Waals surface area (Å²) in [6, 6.07) is 5.31. The Balaban J connectivity index is 2.44. The van der Waals surface area contributed by atoms with Gasteiger partial charge in [-0.2, -0.15) is 0 Å². The molecule has 0 bridgehead atoms. The van der Waals surface area contributed by atoms with Crippen LogP contribution in [0.3, 0.4) is 0 Å². The Hall–Kier alpha value is -0.650. The van der Waals surface area contributed by atoms with Gasteiger partial charge in [0.25, 0.3) is 0 Å². The van der Waals surface area contributed by atoms with Crippen LogP contribution in [0.15, 0.2) is 32.5 Å². The molecule has 16 heavy (non-hydrogen) atoms. The first-order chi connectivity index (χ1) is 7.55. The van der Waals surface area contributed by atoms with E-state index in [-0.39, 0.29) is 0 Å². The summed E-state index contributed by atoms with van der Waals surface area (Å²) in [5, 5.41) is 0. The first kappa shape index (κ1) is 11.8. The molecule has 1 aromatic rings. The van der Waals surface area contributed by atoms with Crippen molar-refractivity contribution in [1.82, 2.24) is 0 Å². The Morgan fingerprint density at radius 2 is 2.06 bits per heavy atom. The summed E-state index contributed by atoms with van der Waals surface area (Å²) in [4.78, 5) is 0.875. The second kappa shape index (κ2) is 4.31. The van der Waals surface area contributed by atoms with Crippen molar-refractivity contribution in [2.75, 3.05) is 6.54 Å². The molecule has 0 atom stereocenters. The molecule has 1 heterocycles. The summed E-state index contributed by atoms with van der Waals surface area (Å²) < 4.78 is 25.0. The van der Waals surface area contributed by atoms with Crippen molar-refractivity contribution < 1.29 is 8.42 Å². The normalized spacial score (nSPS) is 17.0. The first-order valence-corrected chi connectivity index (χ1v) is 7.28. The fourth-order valence-corrected chi connectivity index (χ4v) is 3.94. The number of nitrogens with two attached hydrogens (primary N) is 1. The van der Waals surface area contributed by atoms with E-state index in [2.05, 4.69) is 15.9 Å². The second-order valence-corrected chi connectivity index (χ2v) is 6.58. The molecular weight excluding hydrogens is 290 g/mol. The van der Waals surface area contributed by atoms with E-state index in [9.17, 15) is 8.42 Å². The number of fused-ring (bicyclic) bond motifs is 1. The number of benzene rings is 1. The van der Waals surface area contributed by atoms with Gasteiger partial charge in [0.15, 0.2) is 0 Å². The molecule has 1 aliphatic rings. The molecule has 0 unspecified atom stereocenters. The van der Waals surface area contributed by atoms with Crippen LogP contribution < -0.4 is 5.73 Å². The van der Waals surface area contributed by atoms with Crippen LogP contribution >= 0.6 is 15.9 Å². The third-order valence-electron chi connectivity index (χ3n) is 2.55. The maximum absolute atomic E-state index is 12.1. The van der Waals surface area contributed by atoms with Crippen molar-refractivity contribution in [3.05, 3.63) is 33.1 Å². The molecule has 0 radical (unpaired) electrons. The average Bonchev–Trinajstić information content (AvgIpc) is 2.48. The zero-order chi connectivity index (χ0) is 11.8. The Kier molecular flexibility index (Phi) is 3.19. The number of hydrogen-bond donors (Lipinski definition) is 1. The van der Waals surface area contributed by atoms with E-state index in [1.165, 1.54) is 0 Å². The number of halogens is 1. The van der Waals surface area contributed by atoms with Crippen LogP contribution in [0, 0.1) is 0 Å². The summed E-state index contributed by atoms with van der Waals surface area (Å²) in [5.41, 5.74) is 6.17. The summed E-state index contributed by atoms with van der Waals surface area (Å²) in [7, 11) is -3.27. The van der Waals surface area contributed by atoms with Gasteiger partial charge >= 0.3 is 0 Å². The van der Waals surface area contributed by atoms with Gasteiger partial charge in [-0.1, -0.05) is 22.0 Å². The predicted octanol–water partition coefficient (Wildman–Crippen LogP) is 2.32. The van der Waals surface area contributed by atoms with E-state index >= 15 is 0 Å². The van der Waals surface area contributed by atoms with Crippen molar-refractivity contribution in [3.8, 4) is 0 Å². The van der Waals surface area contributed by atoms with E-state index in [0.717, 1.165) is 10.0 Å². The molecular formula is C11H12BrNO2S. The molecule has 0 aliphatic carbocycles. The molecule has 0 fully saturated rings. The molecule has 3 nitrogen and oxygen atoms in total. The lowest BCUT2D eigenvalue weighted by Gasteiger charge is -2.03. The molecule has 0 saturated carbocycles. The van der Waals surface area contributed by atoms with Crippen molar-refractivity contribution in [2.24, 2.45) is 5.73 Å². The van der Waals surface area contributed by atoms with E-state index in [1.807, 2.05) is 12.1 Å². The fraction of sp³-hybridized carbons (Fsp3) is 0.273. The lowest BCUT2D eigenvalue weighted by atomic mass is 10.2. The van der Waals surface area contributed by atoms with Crippen LogP contribution in [-0.2, 0) is 9.84 Å². The van der Waals surface area contributed by atoms with Crippen LogP contribution in [0.5, 0.6) is 0 Å². The largest absolute Gasteiger partial charge is 0.330 e. The molecule has 1 aromatic carbocycles. The molecule has 86 valence electrons. The number of hydrogen-bond acceptors (Lipinski definition) is 3. The molecule has 5 heteroatoms. The number of sulfone groups is 1. The average molecular weight is 302 g/mol. The Morgan fingerprint density at radius 3 is 2.75 bits per heavy atom. The Labute approximate surface area is 103 Å². The third-order valence-corrected chi connectivity index (χ3v) is 4.99. The highest BCUT2D eigenvalue weighted by Gasteiger charge is 2.28. The molecule has 0 saturated heterocycles. The van der Waals surface area contributed by atoms with E-state index < -0.39 is 9.84 Å².